The number of benzene rings is 1. The Bertz CT molecular complexity index is 1890. The standard InChI is InChI=1S/C26H29F3N6O4.C10H10FNO2.C2H6/c1-3-5-17-15-39-20(22-23(36)33-25(38)32-22)14-19(17)31-18(4-2)12-16-6-7-30-21(13-16)34-8-10-35(11-9-34)24(37)26(27,28)29;1-12-5-6-3-4-7(14-2)9(11)8(6)10(12)13;1-2/h3,6-7,13-14,22H,1,4-5,8-12,15H2,2H3,(H2,32,33,36,38);3-4H,5H2,1-2H3;1-2H3. The first-order valence-corrected chi connectivity index (χ1v) is 17.8. The van der Waals surface area contributed by atoms with Gasteiger partial charge in [0.25, 0.3) is 11.8 Å². The van der Waals surface area contributed by atoms with Gasteiger partial charge in [-0.05, 0) is 47.7 Å². The Morgan fingerprint density at radius 2 is 1.85 bits per heavy atom. The molecule has 17 heteroatoms. The molecule has 5 amide bonds. The maximum atomic E-state index is 13.6. The number of allylic oxidation sites excluding steroid dienone is 2. The molecule has 5 heterocycles. The quantitative estimate of drug-likeness (QED) is 0.155. The van der Waals surface area contributed by atoms with Crippen molar-refractivity contribution >= 4 is 35.3 Å². The van der Waals surface area contributed by atoms with Crippen molar-refractivity contribution in [3.63, 3.8) is 0 Å². The number of anilines is 1. The number of pyridine rings is 1. The number of halogens is 4. The second-order valence-corrected chi connectivity index (χ2v) is 12.5. The zero-order chi connectivity index (χ0) is 40.4. The highest BCUT2D eigenvalue weighted by molar-refractivity contribution is 6.05. The minimum absolute atomic E-state index is 0.0393. The predicted molar refractivity (Wildman–Crippen MR) is 197 cm³/mol. The van der Waals surface area contributed by atoms with E-state index < -0.39 is 35.9 Å². The van der Waals surface area contributed by atoms with E-state index >= 15 is 0 Å². The number of aliphatic imine (C=N–C) groups is 1. The van der Waals surface area contributed by atoms with Gasteiger partial charge in [-0.3, -0.25) is 24.7 Å². The van der Waals surface area contributed by atoms with Gasteiger partial charge >= 0.3 is 18.1 Å². The Labute approximate surface area is 316 Å². The molecule has 0 spiro atoms. The Morgan fingerprint density at radius 1 is 1.15 bits per heavy atom. The van der Waals surface area contributed by atoms with Crippen molar-refractivity contribution in [2.45, 2.75) is 58.8 Å². The average Bonchev–Trinajstić information content (AvgIpc) is 3.68. The van der Waals surface area contributed by atoms with Crippen LogP contribution in [0.25, 0.3) is 0 Å². The fourth-order valence-electron chi connectivity index (χ4n) is 6.10. The van der Waals surface area contributed by atoms with Gasteiger partial charge in [-0.2, -0.15) is 13.2 Å². The largest absolute Gasteiger partial charge is 0.494 e. The van der Waals surface area contributed by atoms with E-state index in [2.05, 4.69) is 22.2 Å². The van der Waals surface area contributed by atoms with Crippen molar-refractivity contribution in [1.82, 2.24) is 25.4 Å². The van der Waals surface area contributed by atoms with Gasteiger partial charge in [0.15, 0.2) is 17.6 Å². The summed E-state index contributed by atoms with van der Waals surface area (Å²) in [5.74, 6) is -2.12. The van der Waals surface area contributed by atoms with Crippen molar-refractivity contribution in [3.8, 4) is 5.75 Å². The summed E-state index contributed by atoms with van der Waals surface area (Å²) in [6, 6.07) is 5.47. The van der Waals surface area contributed by atoms with Crippen LogP contribution in [0, 0.1) is 5.82 Å². The van der Waals surface area contributed by atoms with Gasteiger partial charge in [-0.25, -0.2) is 14.2 Å². The highest BCUT2D eigenvalue weighted by Crippen LogP contribution is 2.30. The summed E-state index contributed by atoms with van der Waals surface area (Å²) < 4.78 is 62.4. The van der Waals surface area contributed by atoms with Crippen LogP contribution in [-0.4, -0.2) is 103 Å². The summed E-state index contributed by atoms with van der Waals surface area (Å²) in [6.07, 6.45) is 1.81. The molecule has 0 saturated carbocycles. The van der Waals surface area contributed by atoms with E-state index in [0.717, 1.165) is 27.3 Å². The number of imide groups is 1. The molecule has 6 rings (SSSR count). The number of alkyl halides is 3. The second kappa shape index (κ2) is 18.5. The number of nitrogens with one attached hydrogen (secondary N) is 2. The van der Waals surface area contributed by atoms with Crippen LogP contribution in [0.15, 0.2) is 71.2 Å². The maximum Gasteiger partial charge on any atom is 0.471 e. The lowest BCUT2D eigenvalue weighted by atomic mass is 10.0. The first-order valence-electron chi connectivity index (χ1n) is 17.8. The molecular weight excluding hydrogens is 726 g/mol. The highest BCUT2D eigenvalue weighted by Gasteiger charge is 2.43. The van der Waals surface area contributed by atoms with Crippen LogP contribution in [-0.2, 0) is 27.3 Å². The van der Waals surface area contributed by atoms with Crippen LogP contribution in [0.4, 0.5) is 28.2 Å². The molecule has 1 unspecified atom stereocenters. The van der Waals surface area contributed by atoms with Gasteiger partial charge in [0, 0.05) is 64.2 Å². The van der Waals surface area contributed by atoms with E-state index in [0.29, 0.717) is 43.1 Å². The third-order valence-corrected chi connectivity index (χ3v) is 8.92. The van der Waals surface area contributed by atoms with Crippen LogP contribution in [0.2, 0.25) is 0 Å². The van der Waals surface area contributed by atoms with Gasteiger partial charge in [-0.15, -0.1) is 6.58 Å². The Kier molecular flexibility index (Phi) is 14.2. The first-order chi connectivity index (χ1) is 26.2. The van der Waals surface area contributed by atoms with Gasteiger partial charge < -0.3 is 29.5 Å². The number of fused-ring (bicyclic) bond motifs is 1. The minimum Gasteiger partial charge on any atom is -0.494 e. The molecule has 4 aliphatic rings. The van der Waals surface area contributed by atoms with Crippen molar-refractivity contribution in [1.29, 1.82) is 0 Å². The van der Waals surface area contributed by atoms with E-state index in [1.54, 1.807) is 37.5 Å². The van der Waals surface area contributed by atoms with E-state index in [-0.39, 0.29) is 50.0 Å². The summed E-state index contributed by atoms with van der Waals surface area (Å²) in [6.45, 7) is 10.8. The van der Waals surface area contributed by atoms with Crippen molar-refractivity contribution in [2.24, 2.45) is 4.99 Å². The van der Waals surface area contributed by atoms with Gasteiger partial charge in [0.1, 0.15) is 18.2 Å². The molecule has 0 radical (unpaired) electrons. The topological polar surface area (TPSA) is 146 Å². The molecule has 296 valence electrons. The Morgan fingerprint density at radius 3 is 2.45 bits per heavy atom. The molecule has 55 heavy (non-hydrogen) atoms. The fraction of sp³-hybridized carbons (Fsp3) is 0.421. The third-order valence-electron chi connectivity index (χ3n) is 8.92. The second-order valence-electron chi connectivity index (χ2n) is 12.5. The van der Waals surface area contributed by atoms with Crippen molar-refractivity contribution < 1.29 is 46.2 Å². The molecule has 13 nitrogen and oxygen atoms in total. The van der Waals surface area contributed by atoms with Gasteiger partial charge in [0.05, 0.1) is 18.4 Å². The van der Waals surface area contributed by atoms with Gasteiger partial charge in [0.2, 0.25) is 0 Å². The lowest BCUT2D eigenvalue weighted by Crippen LogP contribution is -2.52. The number of aromatic nitrogens is 1. The molecule has 4 aliphatic heterocycles. The summed E-state index contributed by atoms with van der Waals surface area (Å²) >= 11 is 0. The molecule has 2 N–H and O–H groups in total. The van der Waals surface area contributed by atoms with Crippen LogP contribution in [0.5, 0.6) is 5.75 Å². The number of carbonyl (C=O) groups excluding carboxylic acids is 4. The molecular formula is C38H45F4N7O6. The maximum absolute atomic E-state index is 13.6. The SMILES string of the molecule is C=CCC1=C(N=C(CC)Cc2ccnc(N3CCN(C(=O)C(F)(F)F)CC3)c2)C=C(C2NC(=O)NC2=O)OC1.CC.COc1ccc2c(c1F)C(=O)N(C)C2. The van der Waals surface area contributed by atoms with Crippen molar-refractivity contribution in [3.05, 3.63) is 88.7 Å². The number of rotatable bonds is 9. The number of amides is 5. The number of methoxy groups -OCH3 is 1. The molecule has 1 aromatic heterocycles. The first kappa shape index (κ1) is 42.0. The summed E-state index contributed by atoms with van der Waals surface area (Å²) in [5.41, 5.74) is 4.15. The zero-order valence-corrected chi connectivity index (χ0v) is 31.4. The highest BCUT2D eigenvalue weighted by atomic mass is 19.4. The van der Waals surface area contributed by atoms with Crippen LogP contribution < -0.4 is 20.3 Å². The van der Waals surface area contributed by atoms with Crippen LogP contribution >= 0.6 is 0 Å². The number of nitrogens with zero attached hydrogens (tertiary/aromatic N) is 5. The predicted octanol–water partition coefficient (Wildman–Crippen LogP) is 5.08. The molecule has 2 aromatic rings. The summed E-state index contributed by atoms with van der Waals surface area (Å²) in [5, 5.41) is 4.72. The van der Waals surface area contributed by atoms with E-state index in [1.807, 2.05) is 37.8 Å². The summed E-state index contributed by atoms with van der Waals surface area (Å²) in [4.78, 5) is 60.1. The number of hydrogen-bond donors (Lipinski definition) is 2. The summed E-state index contributed by atoms with van der Waals surface area (Å²) in [7, 11) is 3.03. The third kappa shape index (κ3) is 10.1. The molecule has 1 atom stereocenters. The van der Waals surface area contributed by atoms with Crippen LogP contribution in [0.1, 0.15) is 55.1 Å². The number of piperazine rings is 1. The van der Waals surface area contributed by atoms with E-state index in [1.165, 1.54) is 12.0 Å². The van der Waals surface area contributed by atoms with Crippen molar-refractivity contribution in [2.75, 3.05) is 51.8 Å². The molecule has 2 fully saturated rings. The van der Waals surface area contributed by atoms with E-state index in [9.17, 15) is 36.7 Å². The molecule has 0 bridgehead atoms. The minimum atomic E-state index is -4.88. The monoisotopic (exact) mass is 771 g/mol. The molecule has 0 aliphatic carbocycles. The number of ether oxygens (including phenoxy) is 2. The Balaban J connectivity index is 0.000000349. The fourth-order valence-corrected chi connectivity index (χ4v) is 6.10. The number of hydrogen-bond acceptors (Lipinski definition) is 9. The lowest BCUT2D eigenvalue weighted by molar-refractivity contribution is -0.185. The lowest BCUT2D eigenvalue weighted by Gasteiger charge is -2.35. The average molecular weight is 772 g/mol. The Hall–Kier alpha value is -5.74. The zero-order valence-electron chi connectivity index (χ0n) is 31.4. The van der Waals surface area contributed by atoms with Crippen LogP contribution in [0.3, 0.4) is 0 Å². The number of carbonyl (C=O) groups is 4. The van der Waals surface area contributed by atoms with E-state index in [4.69, 9.17) is 14.5 Å². The molecule has 2 saturated heterocycles. The van der Waals surface area contributed by atoms with Gasteiger partial charge in [-0.1, -0.05) is 32.9 Å². The normalized spacial score (nSPS) is 18.2. The molecule has 1 aromatic carbocycles. The smallest absolute Gasteiger partial charge is 0.471 e. The number of urea groups is 1.